The van der Waals surface area contributed by atoms with Gasteiger partial charge >= 0.3 is 0 Å². The van der Waals surface area contributed by atoms with Crippen molar-refractivity contribution in [3.8, 4) is 22.3 Å². The predicted octanol–water partition coefficient (Wildman–Crippen LogP) is 11.7. The van der Waals surface area contributed by atoms with Gasteiger partial charge in [0.15, 0.2) is 0 Å². The molecule has 7 aromatic carbocycles. The lowest BCUT2D eigenvalue weighted by molar-refractivity contribution is 0.637. The van der Waals surface area contributed by atoms with Crippen LogP contribution < -0.4 is 0 Å². The highest BCUT2D eigenvalue weighted by molar-refractivity contribution is 6.34. The van der Waals surface area contributed by atoms with Crippen molar-refractivity contribution < 1.29 is 4.42 Å². The van der Waals surface area contributed by atoms with E-state index in [0.29, 0.717) is 0 Å². The molecule has 0 spiro atoms. The molecule has 0 aliphatic heterocycles. The van der Waals surface area contributed by atoms with E-state index in [1.165, 1.54) is 87.6 Å². The van der Waals surface area contributed by atoms with Crippen LogP contribution in [0.4, 0.5) is 0 Å². The molecule has 0 saturated carbocycles. The van der Waals surface area contributed by atoms with Crippen LogP contribution in [0.3, 0.4) is 0 Å². The second-order valence-corrected chi connectivity index (χ2v) is 13.7. The van der Waals surface area contributed by atoms with Crippen molar-refractivity contribution in [3.05, 3.63) is 131 Å². The second-order valence-electron chi connectivity index (χ2n) is 13.7. The van der Waals surface area contributed by atoms with E-state index >= 15 is 0 Å². The fourth-order valence-corrected chi connectivity index (χ4v) is 8.78. The minimum absolute atomic E-state index is 0.0836. The van der Waals surface area contributed by atoms with Crippen LogP contribution in [0.5, 0.6) is 0 Å². The Hall–Kier alpha value is -4.88. The molecule has 8 aromatic rings. The first-order valence-corrected chi connectivity index (χ1v) is 15.4. The lowest BCUT2D eigenvalue weighted by Gasteiger charge is -2.37. The molecule has 2 aliphatic rings. The standard InChI is InChI=1S/C42H30O/c1-41(2)31-16-8-5-12-23(31)28-21-30-27(25-15-11-18-33(41)37(25)28)20-29-24-13-6-9-17-32(24)42(3,4)34-22-36-39(40(30)38(29)34)26-14-7-10-19-35(26)43-36/h5-22H,1-4H3. The third-order valence-electron chi connectivity index (χ3n) is 10.8. The summed E-state index contributed by atoms with van der Waals surface area (Å²) in [6, 6.07) is 40.9. The Morgan fingerprint density at radius 1 is 0.372 bits per heavy atom. The van der Waals surface area contributed by atoms with Crippen LogP contribution in [0.15, 0.2) is 114 Å². The van der Waals surface area contributed by atoms with Gasteiger partial charge in [0.2, 0.25) is 0 Å². The van der Waals surface area contributed by atoms with Crippen molar-refractivity contribution in [2.75, 3.05) is 0 Å². The first-order valence-electron chi connectivity index (χ1n) is 15.4. The van der Waals surface area contributed by atoms with E-state index < -0.39 is 0 Å². The molecular weight excluding hydrogens is 520 g/mol. The largest absolute Gasteiger partial charge is 0.456 e. The van der Waals surface area contributed by atoms with Gasteiger partial charge in [0.25, 0.3) is 0 Å². The zero-order valence-corrected chi connectivity index (χ0v) is 24.8. The fraction of sp³-hybridized carbons (Fsp3) is 0.143. The van der Waals surface area contributed by atoms with E-state index in [1.807, 2.05) is 0 Å². The van der Waals surface area contributed by atoms with Crippen molar-refractivity contribution in [3.63, 3.8) is 0 Å². The number of hydrogen-bond donors (Lipinski definition) is 0. The topological polar surface area (TPSA) is 13.1 Å². The van der Waals surface area contributed by atoms with Crippen LogP contribution in [-0.2, 0) is 10.8 Å². The molecule has 0 bridgehead atoms. The molecule has 1 nitrogen and oxygen atoms in total. The first kappa shape index (κ1) is 23.7. The maximum atomic E-state index is 6.66. The zero-order valence-electron chi connectivity index (χ0n) is 24.8. The van der Waals surface area contributed by atoms with Crippen LogP contribution >= 0.6 is 0 Å². The lowest BCUT2D eigenvalue weighted by atomic mass is 9.66. The SMILES string of the molecule is CC1(C)c2ccccc2-c2cc3c(cc4c5c(cc6oc7ccccc7c6c53)C(C)(C)c3ccccc3-4)c3cccc1c23. The van der Waals surface area contributed by atoms with E-state index in [2.05, 4.69) is 137 Å². The Balaban J connectivity index is 1.54. The van der Waals surface area contributed by atoms with Crippen molar-refractivity contribution in [1.29, 1.82) is 0 Å². The van der Waals surface area contributed by atoms with Gasteiger partial charge in [-0.25, -0.2) is 0 Å². The Labute approximate surface area is 250 Å². The molecule has 43 heavy (non-hydrogen) atoms. The fourth-order valence-electron chi connectivity index (χ4n) is 8.78. The molecule has 0 unspecified atom stereocenters. The number of fused-ring (bicyclic) bond motifs is 11. The molecule has 1 heteroatoms. The summed E-state index contributed by atoms with van der Waals surface area (Å²) in [5.74, 6) is 0. The van der Waals surface area contributed by atoms with Crippen LogP contribution in [0.2, 0.25) is 0 Å². The normalized spacial score (nSPS) is 15.8. The number of furan rings is 1. The molecule has 0 N–H and O–H groups in total. The van der Waals surface area contributed by atoms with Crippen molar-refractivity contribution >= 4 is 54.3 Å². The van der Waals surface area contributed by atoms with Crippen LogP contribution in [0, 0.1) is 0 Å². The van der Waals surface area contributed by atoms with Gasteiger partial charge in [-0.05, 0) is 95.7 Å². The van der Waals surface area contributed by atoms with Crippen LogP contribution in [0.1, 0.15) is 49.9 Å². The number of benzene rings is 7. The Morgan fingerprint density at radius 3 is 1.72 bits per heavy atom. The molecule has 10 rings (SSSR count). The van der Waals surface area contributed by atoms with Gasteiger partial charge in [-0.3, -0.25) is 0 Å². The molecule has 0 amide bonds. The summed E-state index contributed by atoms with van der Waals surface area (Å²) < 4.78 is 6.66. The van der Waals surface area contributed by atoms with Gasteiger partial charge in [0.05, 0.1) is 0 Å². The van der Waals surface area contributed by atoms with E-state index in [9.17, 15) is 0 Å². The summed E-state index contributed by atoms with van der Waals surface area (Å²) >= 11 is 0. The summed E-state index contributed by atoms with van der Waals surface area (Å²) in [6.45, 7) is 9.50. The van der Waals surface area contributed by atoms with E-state index in [-0.39, 0.29) is 10.8 Å². The summed E-state index contributed by atoms with van der Waals surface area (Å²) in [5, 5.41) is 10.4. The van der Waals surface area contributed by atoms with Crippen molar-refractivity contribution in [2.24, 2.45) is 0 Å². The highest BCUT2D eigenvalue weighted by Crippen LogP contribution is 2.56. The number of para-hydroxylation sites is 1. The lowest BCUT2D eigenvalue weighted by Crippen LogP contribution is -2.24. The summed E-state index contributed by atoms with van der Waals surface area (Å²) in [7, 11) is 0. The molecule has 1 aromatic heterocycles. The van der Waals surface area contributed by atoms with Crippen LogP contribution in [0.25, 0.3) is 76.5 Å². The monoisotopic (exact) mass is 550 g/mol. The summed E-state index contributed by atoms with van der Waals surface area (Å²) in [4.78, 5) is 0. The smallest absolute Gasteiger partial charge is 0.136 e. The molecular formula is C42H30O. The first-order chi connectivity index (χ1) is 20.9. The van der Waals surface area contributed by atoms with E-state index in [4.69, 9.17) is 4.42 Å². The molecule has 0 saturated heterocycles. The number of hydrogen-bond acceptors (Lipinski definition) is 1. The van der Waals surface area contributed by atoms with Crippen molar-refractivity contribution in [2.45, 2.75) is 38.5 Å². The minimum Gasteiger partial charge on any atom is -0.456 e. The van der Waals surface area contributed by atoms with Crippen LogP contribution in [-0.4, -0.2) is 0 Å². The van der Waals surface area contributed by atoms with Gasteiger partial charge in [0.1, 0.15) is 11.2 Å². The van der Waals surface area contributed by atoms with Crippen molar-refractivity contribution in [1.82, 2.24) is 0 Å². The van der Waals surface area contributed by atoms with Gasteiger partial charge in [-0.1, -0.05) is 113 Å². The molecule has 2 aliphatic carbocycles. The van der Waals surface area contributed by atoms with Gasteiger partial charge in [-0.2, -0.15) is 0 Å². The number of rotatable bonds is 0. The summed E-state index contributed by atoms with van der Waals surface area (Å²) in [5.41, 5.74) is 12.5. The predicted molar refractivity (Wildman–Crippen MR) is 181 cm³/mol. The Morgan fingerprint density at radius 2 is 0.953 bits per heavy atom. The average molecular weight is 551 g/mol. The van der Waals surface area contributed by atoms with E-state index in [0.717, 1.165) is 11.2 Å². The molecule has 0 atom stereocenters. The van der Waals surface area contributed by atoms with Gasteiger partial charge in [0, 0.05) is 27.0 Å². The molecule has 0 radical (unpaired) electrons. The second kappa shape index (κ2) is 7.54. The van der Waals surface area contributed by atoms with E-state index in [1.54, 1.807) is 0 Å². The highest BCUT2D eigenvalue weighted by atomic mass is 16.3. The zero-order chi connectivity index (χ0) is 28.8. The Kier molecular flexibility index (Phi) is 4.15. The molecule has 0 fully saturated rings. The molecule has 1 heterocycles. The third kappa shape index (κ3) is 2.70. The highest BCUT2D eigenvalue weighted by Gasteiger charge is 2.37. The van der Waals surface area contributed by atoms with Gasteiger partial charge < -0.3 is 4.42 Å². The third-order valence-corrected chi connectivity index (χ3v) is 10.8. The average Bonchev–Trinajstić information content (AvgIpc) is 3.41. The summed E-state index contributed by atoms with van der Waals surface area (Å²) in [6.07, 6.45) is 0. The maximum absolute atomic E-state index is 6.66. The Bertz CT molecular complexity index is 2550. The minimum atomic E-state index is -0.169. The quantitative estimate of drug-likeness (QED) is 0.171. The van der Waals surface area contributed by atoms with Gasteiger partial charge in [-0.15, -0.1) is 0 Å². The maximum Gasteiger partial charge on any atom is 0.136 e. The molecule has 204 valence electrons.